The Hall–Kier alpha value is -4.20. The average Bonchev–Trinajstić information content (AvgIpc) is 2.75. The lowest BCUT2D eigenvalue weighted by atomic mass is 10.2. The molecule has 4 rings (SSSR count). The van der Waals surface area contributed by atoms with Crippen LogP contribution < -0.4 is 21.4 Å². The van der Waals surface area contributed by atoms with Gasteiger partial charge in [-0.15, -0.1) is 0 Å². The van der Waals surface area contributed by atoms with E-state index in [0.717, 1.165) is 17.9 Å². The molecule has 0 aliphatic rings. The maximum atomic E-state index is 12.5. The van der Waals surface area contributed by atoms with Crippen molar-refractivity contribution in [3.05, 3.63) is 82.3 Å². The van der Waals surface area contributed by atoms with Crippen LogP contribution in [0.25, 0.3) is 11.0 Å². The first-order chi connectivity index (χ1) is 15.0. The van der Waals surface area contributed by atoms with Gasteiger partial charge >= 0.3 is 0 Å². The summed E-state index contributed by atoms with van der Waals surface area (Å²) in [6.45, 7) is 4.61. The molecule has 2 aromatic heterocycles. The van der Waals surface area contributed by atoms with Gasteiger partial charge < -0.3 is 20.4 Å². The summed E-state index contributed by atoms with van der Waals surface area (Å²) in [5, 5.41) is 9.49. The van der Waals surface area contributed by atoms with Crippen LogP contribution in [-0.2, 0) is 0 Å². The Morgan fingerprint density at radius 2 is 1.74 bits per heavy atom. The second-order valence-electron chi connectivity index (χ2n) is 6.88. The summed E-state index contributed by atoms with van der Waals surface area (Å²) < 4.78 is 5.58. The number of anilines is 4. The van der Waals surface area contributed by atoms with E-state index < -0.39 is 5.91 Å². The van der Waals surface area contributed by atoms with Gasteiger partial charge in [0.05, 0.1) is 5.39 Å². The Morgan fingerprint density at radius 3 is 2.52 bits per heavy atom. The van der Waals surface area contributed by atoms with Gasteiger partial charge in [-0.05, 0) is 50.2 Å². The summed E-state index contributed by atoms with van der Waals surface area (Å²) in [5.74, 6) is 0.688. The van der Waals surface area contributed by atoms with E-state index >= 15 is 0 Å². The number of nitrogens with zero attached hydrogens (tertiary/aromatic N) is 2. The number of fused-ring (bicyclic) bond motifs is 1. The zero-order valence-electron chi connectivity index (χ0n) is 17.1. The average molecular weight is 415 g/mol. The molecule has 0 unspecified atom stereocenters. The SMILES string of the molecule is CCNc1nc(C)cc(Nc2ccc(NC(=O)c3cc(=O)c4ccccc4o3)cc2)n1. The highest BCUT2D eigenvalue weighted by molar-refractivity contribution is 6.03. The van der Waals surface area contributed by atoms with Gasteiger partial charge in [0.15, 0.2) is 11.2 Å². The molecule has 0 saturated carbocycles. The first-order valence-corrected chi connectivity index (χ1v) is 9.83. The normalized spacial score (nSPS) is 10.6. The van der Waals surface area contributed by atoms with Crippen molar-refractivity contribution >= 4 is 40.0 Å². The first-order valence-electron chi connectivity index (χ1n) is 9.83. The molecule has 0 atom stereocenters. The summed E-state index contributed by atoms with van der Waals surface area (Å²) in [6, 6.07) is 17.0. The van der Waals surface area contributed by atoms with Crippen LogP contribution in [0.1, 0.15) is 23.2 Å². The lowest BCUT2D eigenvalue weighted by Crippen LogP contribution is -2.14. The largest absolute Gasteiger partial charge is 0.451 e. The molecule has 31 heavy (non-hydrogen) atoms. The number of aryl methyl sites for hydroxylation is 1. The summed E-state index contributed by atoms with van der Waals surface area (Å²) in [7, 11) is 0. The second kappa shape index (κ2) is 8.66. The summed E-state index contributed by atoms with van der Waals surface area (Å²) in [5.41, 5.74) is 2.32. The van der Waals surface area contributed by atoms with Crippen LogP contribution in [0.3, 0.4) is 0 Å². The molecule has 3 N–H and O–H groups in total. The van der Waals surface area contributed by atoms with Crippen molar-refractivity contribution in [2.45, 2.75) is 13.8 Å². The Bertz CT molecular complexity index is 1300. The maximum Gasteiger partial charge on any atom is 0.291 e. The van der Waals surface area contributed by atoms with E-state index in [0.29, 0.717) is 28.4 Å². The fraction of sp³-hybridized carbons (Fsp3) is 0.130. The van der Waals surface area contributed by atoms with Crippen LogP contribution in [-0.4, -0.2) is 22.4 Å². The van der Waals surface area contributed by atoms with E-state index in [1.165, 1.54) is 6.07 Å². The van der Waals surface area contributed by atoms with E-state index in [1.807, 2.05) is 32.0 Å². The van der Waals surface area contributed by atoms with Gasteiger partial charge in [-0.1, -0.05) is 12.1 Å². The number of carbonyl (C=O) groups is 1. The molecule has 2 aromatic carbocycles. The van der Waals surface area contributed by atoms with E-state index in [-0.39, 0.29) is 11.2 Å². The number of rotatable bonds is 6. The molecule has 0 fully saturated rings. The number of carbonyl (C=O) groups excluding carboxylic acids is 1. The smallest absolute Gasteiger partial charge is 0.291 e. The van der Waals surface area contributed by atoms with Crippen molar-refractivity contribution in [1.82, 2.24) is 9.97 Å². The summed E-state index contributed by atoms with van der Waals surface area (Å²) in [4.78, 5) is 33.5. The predicted molar refractivity (Wildman–Crippen MR) is 121 cm³/mol. The molecule has 156 valence electrons. The van der Waals surface area contributed by atoms with E-state index in [2.05, 4.69) is 25.9 Å². The van der Waals surface area contributed by atoms with Crippen LogP contribution in [0.4, 0.5) is 23.1 Å². The second-order valence-corrected chi connectivity index (χ2v) is 6.88. The van der Waals surface area contributed by atoms with Gasteiger partial charge in [0.2, 0.25) is 5.95 Å². The van der Waals surface area contributed by atoms with Crippen LogP contribution >= 0.6 is 0 Å². The van der Waals surface area contributed by atoms with Gasteiger partial charge in [-0.3, -0.25) is 9.59 Å². The van der Waals surface area contributed by atoms with E-state index in [4.69, 9.17) is 4.42 Å². The number of benzene rings is 2. The fourth-order valence-electron chi connectivity index (χ4n) is 3.06. The van der Waals surface area contributed by atoms with Crippen molar-refractivity contribution in [1.29, 1.82) is 0 Å². The molecule has 2 heterocycles. The molecule has 4 aromatic rings. The molecule has 0 radical (unpaired) electrons. The topological polar surface area (TPSA) is 109 Å². The van der Waals surface area contributed by atoms with Crippen LogP contribution in [0, 0.1) is 6.92 Å². The molecule has 0 aliphatic heterocycles. The highest BCUT2D eigenvalue weighted by atomic mass is 16.3. The number of aromatic nitrogens is 2. The lowest BCUT2D eigenvalue weighted by Gasteiger charge is -2.10. The quantitative estimate of drug-likeness (QED) is 0.430. The highest BCUT2D eigenvalue weighted by Crippen LogP contribution is 2.20. The molecule has 8 nitrogen and oxygen atoms in total. The Morgan fingerprint density at radius 1 is 1.00 bits per heavy atom. The molecule has 0 spiro atoms. The maximum absolute atomic E-state index is 12.5. The minimum absolute atomic E-state index is 0.0432. The van der Waals surface area contributed by atoms with Crippen molar-refractivity contribution in [3.8, 4) is 0 Å². The molecule has 8 heteroatoms. The van der Waals surface area contributed by atoms with Crippen molar-refractivity contribution in [2.75, 3.05) is 22.5 Å². The first kappa shape index (κ1) is 20.1. The van der Waals surface area contributed by atoms with Crippen LogP contribution in [0.2, 0.25) is 0 Å². The Kier molecular flexibility index (Phi) is 5.61. The zero-order valence-corrected chi connectivity index (χ0v) is 17.1. The molecule has 0 aliphatic carbocycles. The third kappa shape index (κ3) is 4.69. The van der Waals surface area contributed by atoms with Crippen LogP contribution in [0.5, 0.6) is 0 Å². The summed E-state index contributed by atoms with van der Waals surface area (Å²) >= 11 is 0. The van der Waals surface area contributed by atoms with Crippen molar-refractivity contribution in [3.63, 3.8) is 0 Å². The van der Waals surface area contributed by atoms with E-state index in [9.17, 15) is 9.59 Å². The molecule has 0 bridgehead atoms. The van der Waals surface area contributed by atoms with E-state index in [1.54, 1.807) is 36.4 Å². The lowest BCUT2D eigenvalue weighted by molar-refractivity contribution is 0.0997. The van der Waals surface area contributed by atoms with Crippen LogP contribution in [0.15, 0.2) is 69.9 Å². The minimum Gasteiger partial charge on any atom is -0.451 e. The number of amides is 1. The zero-order chi connectivity index (χ0) is 21.8. The number of para-hydroxylation sites is 1. The van der Waals surface area contributed by atoms with Gasteiger partial charge in [0, 0.05) is 35.7 Å². The third-order valence-electron chi connectivity index (χ3n) is 4.46. The number of hydrogen-bond acceptors (Lipinski definition) is 7. The van der Waals surface area contributed by atoms with Gasteiger partial charge in [-0.2, -0.15) is 4.98 Å². The molecular weight excluding hydrogens is 394 g/mol. The third-order valence-corrected chi connectivity index (χ3v) is 4.46. The highest BCUT2D eigenvalue weighted by Gasteiger charge is 2.12. The Balaban J connectivity index is 1.48. The van der Waals surface area contributed by atoms with Gasteiger partial charge in [0.25, 0.3) is 5.91 Å². The molecule has 0 saturated heterocycles. The predicted octanol–water partition coefficient (Wildman–Crippen LogP) is 4.32. The monoisotopic (exact) mass is 415 g/mol. The van der Waals surface area contributed by atoms with Gasteiger partial charge in [-0.25, -0.2) is 4.98 Å². The van der Waals surface area contributed by atoms with Crippen molar-refractivity contribution in [2.24, 2.45) is 0 Å². The Labute approximate surface area is 178 Å². The number of hydrogen-bond donors (Lipinski definition) is 3. The number of nitrogens with one attached hydrogen (secondary N) is 3. The van der Waals surface area contributed by atoms with Gasteiger partial charge in [0.1, 0.15) is 11.4 Å². The summed E-state index contributed by atoms with van der Waals surface area (Å²) in [6.07, 6.45) is 0. The molecular formula is C23H21N5O3. The minimum atomic E-state index is -0.495. The van der Waals surface area contributed by atoms with Crippen molar-refractivity contribution < 1.29 is 9.21 Å². The fourth-order valence-corrected chi connectivity index (χ4v) is 3.06. The standard InChI is InChI=1S/C23H21N5O3/c1-3-24-23-25-14(2)12-21(28-23)26-15-8-10-16(11-9-15)27-22(30)20-13-18(29)17-6-4-5-7-19(17)31-20/h4-13H,3H2,1-2H3,(H,27,30)(H2,24,25,26,28). The molecule has 1 amide bonds.